The second kappa shape index (κ2) is 10.7. The number of benzene rings is 2. The molecule has 196 valence electrons. The zero-order chi connectivity index (χ0) is 27.0. The first-order valence-electron chi connectivity index (χ1n) is 12.1. The third-order valence-electron chi connectivity index (χ3n) is 6.83. The molecule has 7 nitrogen and oxygen atoms in total. The first-order chi connectivity index (χ1) is 18.2. The number of carboxylic acid groups (broad SMARTS) is 1. The summed E-state index contributed by atoms with van der Waals surface area (Å²) in [6, 6.07) is 8.46. The van der Waals surface area contributed by atoms with Crippen molar-refractivity contribution in [3.05, 3.63) is 76.0 Å². The van der Waals surface area contributed by atoms with E-state index in [4.69, 9.17) is 23.2 Å². The van der Waals surface area contributed by atoms with Gasteiger partial charge in [-0.1, -0.05) is 42.5 Å². The number of imidazole rings is 1. The summed E-state index contributed by atoms with van der Waals surface area (Å²) in [7, 11) is 0. The SMILES string of the molecule is O=C(O)c1ccc(NC(=O)[C@H](C2CCCCC2)n2c(-c3ccc(Cl)nc3)nc3cc(F)c(F)cc32)c(Cl)c1. The number of nitrogens with one attached hydrogen (secondary N) is 1. The lowest BCUT2D eigenvalue weighted by molar-refractivity contribution is -0.121. The van der Waals surface area contributed by atoms with Gasteiger partial charge in [-0.3, -0.25) is 4.79 Å². The number of carboxylic acids is 1. The minimum absolute atomic E-state index is 0.0209. The van der Waals surface area contributed by atoms with E-state index in [9.17, 15) is 23.5 Å². The maximum absolute atomic E-state index is 14.5. The van der Waals surface area contributed by atoms with E-state index in [0.29, 0.717) is 11.4 Å². The number of anilines is 1. The van der Waals surface area contributed by atoms with Gasteiger partial charge in [0.25, 0.3) is 0 Å². The highest BCUT2D eigenvalue weighted by Gasteiger charge is 2.35. The Morgan fingerprint density at radius 1 is 1.03 bits per heavy atom. The van der Waals surface area contributed by atoms with Crippen molar-refractivity contribution >= 4 is 51.8 Å². The number of pyridine rings is 1. The third kappa shape index (κ3) is 5.08. The number of halogens is 4. The number of nitrogens with zero attached hydrogens (tertiary/aromatic N) is 3. The Hall–Kier alpha value is -3.56. The molecule has 38 heavy (non-hydrogen) atoms. The van der Waals surface area contributed by atoms with Gasteiger partial charge in [-0.25, -0.2) is 23.5 Å². The second-order valence-corrected chi connectivity index (χ2v) is 10.1. The van der Waals surface area contributed by atoms with Gasteiger partial charge in [-0.15, -0.1) is 0 Å². The molecule has 2 aromatic heterocycles. The predicted octanol–water partition coefficient (Wildman–Crippen LogP) is 7.14. The van der Waals surface area contributed by atoms with Crippen LogP contribution >= 0.6 is 23.2 Å². The lowest BCUT2D eigenvalue weighted by Gasteiger charge is -2.32. The van der Waals surface area contributed by atoms with Crippen molar-refractivity contribution in [3.8, 4) is 11.4 Å². The standard InChI is InChI=1S/C27H22Cl2F2N4O3/c28-17-10-15(27(37)38)6-8-20(17)34-26(36)24(14-4-2-1-3-5-14)35-22-12-19(31)18(30)11-21(22)33-25(35)16-7-9-23(29)32-13-16/h6-14,24H,1-5H2,(H,34,36)(H,37,38)/t24-/m0/s1. The monoisotopic (exact) mass is 558 g/mol. The van der Waals surface area contributed by atoms with Crippen molar-refractivity contribution in [2.75, 3.05) is 5.32 Å². The lowest BCUT2D eigenvalue weighted by atomic mass is 9.83. The lowest BCUT2D eigenvalue weighted by Crippen LogP contribution is -2.33. The highest BCUT2D eigenvalue weighted by Crippen LogP contribution is 2.39. The molecule has 1 aliphatic carbocycles. The predicted molar refractivity (Wildman–Crippen MR) is 141 cm³/mol. The van der Waals surface area contributed by atoms with E-state index in [1.54, 1.807) is 16.7 Å². The van der Waals surface area contributed by atoms with Crippen LogP contribution in [0.25, 0.3) is 22.4 Å². The summed E-state index contributed by atoms with van der Waals surface area (Å²) in [5, 5.41) is 12.4. The second-order valence-electron chi connectivity index (χ2n) is 9.26. The molecule has 0 bridgehead atoms. The number of hydrogen-bond donors (Lipinski definition) is 2. The third-order valence-corrected chi connectivity index (χ3v) is 7.37. The van der Waals surface area contributed by atoms with Crippen LogP contribution in [-0.4, -0.2) is 31.5 Å². The fourth-order valence-corrected chi connectivity index (χ4v) is 5.37. The number of carbonyl (C=O) groups excluding carboxylic acids is 1. The molecule has 1 atom stereocenters. The summed E-state index contributed by atoms with van der Waals surface area (Å²) in [6.07, 6.45) is 5.83. The molecule has 0 unspecified atom stereocenters. The molecule has 1 saturated carbocycles. The van der Waals surface area contributed by atoms with E-state index in [-0.39, 0.29) is 38.4 Å². The van der Waals surface area contributed by atoms with Gasteiger partial charge in [0.05, 0.1) is 27.3 Å². The van der Waals surface area contributed by atoms with E-state index < -0.39 is 29.6 Å². The Labute approximate surface area is 226 Å². The number of aromatic nitrogens is 3. The summed E-state index contributed by atoms with van der Waals surface area (Å²) in [4.78, 5) is 34.0. The number of aromatic carboxylic acids is 1. The fraction of sp³-hybridized carbons (Fsp3) is 0.259. The Bertz CT molecular complexity index is 1540. The largest absolute Gasteiger partial charge is 0.478 e. The van der Waals surface area contributed by atoms with Crippen LogP contribution in [-0.2, 0) is 4.79 Å². The van der Waals surface area contributed by atoms with E-state index in [1.807, 2.05) is 0 Å². The number of carbonyl (C=O) groups is 2. The molecule has 4 aromatic rings. The van der Waals surface area contributed by atoms with Crippen LogP contribution < -0.4 is 5.32 Å². The molecule has 0 spiro atoms. The fourth-order valence-electron chi connectivity index (χ4n) is 5.03. The topological polar surface area (TPSA) is 97.1 Å². The van der Waals surface area contributed by atoms with E-state index >= 15 is 0 Å². The highest BCUT2D eigenvalue weighted by molar-refractivity contribution is 6.34. The van der Waals surface area contributed by atoms with Gasteiger partial charge in [-0.05, 0) is 49.1 Å². The number of hydrogen-bond acceptors (Lipinski definition) is 4. The van der Waals surface area contributed by atoms with Gasteiger partial charge in [0.2, 0.25) is 5.91 Å². The number of rotatable bonds is 6. The summed E-state index contributed by atoms with van der Waals surface area (Å²) < 4.78 is 30.3. The van der Waals surface area contributed by atoms with Gasteiger partial charge in [-0.2, -0.15) is 0 Å². The molecule has 1 fully saturated rings. The summed E-state index contributed by atoms with van der Waals surface area (Å²) in [5.41, 5.74) is 1.17. The average Bonchev–Trinajstić information content (AvgIpc) is 3.24. The van der Waals surface area contributed by atoms with Crippen LogP contribution in [0.5, 0.6) is 0 Å². The van der Waals surface area contributed by atoms with Crippen molar-refractivity contribution in [3.63, 3.8) is 0 Å². The smallest absolute Gasteiger partial charge is 0.335 e. The molecule has 1 amide bonds. The van der Waals surface area contributed by atoms with Crippen LogP contribution in [0.1, 0.15) is 48.5 Å². The molecule has 2 N–H and O–H groups in total. The maximum Gasteiger partial charge on any atom is 0.335 e. The van der Waals surface area contributed by atoms with E-state index in [0.717, 1.165) is 44.2 Å². The highest BCUT2D eigenvalue weighted by atomic mass is 35.5. The molecule has 0 saturated heterocycles. The summed E-state index contributed by atoms with van der Waals surface area (Å²) in [6.45, 7) is 0. The zero-order valence-electron chi connectivity index (χ0n) is 19.9. The molecule has 5 rings (SSSR count). The molecule has 2 aromatic carbocycles. The summed E-state index contributed by atoms with van der Waals surface area (Å²) in [5.74, 6) is -3.52. The zero-order valence-corrected chi connectivity index (χ0v) is 21.4. The molecule has 11 heteroatoms. The van der Waals surface area contributed by atoms with Crippen molar-refractivity contribution in [2.45, 2.75) is 38.1 Å². The van der Waals surface area contributed by atoms with Crippen LogP contribution in [0.15, 0.2) is 48.7 Å². The first-order valence-corrected chi connectivity index (χ1v) is 12.8. The van der Waals surface area contributed by atoms with Gasteiger partial charge in [0, 0.05) is 23.9 Å². The normalized spacial score (nSPS) is 14.9. The van der Waals surface area contributed by atoms with Crippen LogP contribution in [0, 0.1) is 17.6 Å². The van der Waals surface area contributed by atoms with E-state index in [2.05, 4.69) is 15.3 Å². The Morgan fingerprint density at radius 2 is 1.76 bits per heavy atom. The molecule has 1 aliphatic rings. The number of fused-ring (bicyclic) bond motifs is 1. The van der Waals surface area contributed by atoms with Gasteiger partial charge >= 0.3 is 5.97 Å². The van der Waals surface area contributed by atoms with Crippen LogP contribution in [0.3, 0.4) is 0 Å². The molecule has 0 radical (unpaired) electrons. The first kappa shape index (κ1) is 26.1. The quantitative estimate of drug-likeness (QED) is 0.245. The van der Waals surface area contributed by atoms with Gasteiger partial charge in [0.1, 0.15) is 17.0 Å². The maximum atomic E-state index is 14.5. The Balaban J connectivity index is 1.67. The van der Waals surface area contributed by atoms with Crippen molar-refractivity contribution < 1.29 is 23.5 Å². The number of amides is 1. The summed E-state index contributed by atoms with van der Waals surface area (Å²) >= 11 is 12.3. The van der Waals surface area contributed by atoms with Crippen molar-refractivity contribution in [2.24, 2.45) is 5.92 Å². The molecular weight excluding hydrogens is 537 g/mol. The van der Waals surface area contributed by atoms with Gasteiger partial charge in [0.15, 0.2) is 11.6 Å². The van der Waals surface area contributed by atoms with Crippen LogP contribution in [0.2, 0.25) is 10.2 Å². The Morgan fingerprint density at radius 3 is 2.42 bits per heavy atom. The molecule has 2 heterocycles. The molecular formula is C27H22Cl2F2N4O3. The minimum atomic E-state index is -1.15. The minimum Gasteiger partial charge on any atom is -0.478 e. The Kier molecular flexibility index (Phi) is 7.32. The van der Waals surface area contributed by atoms with Gasteiger partial charge < -0.3 is 15.0 Å². The average molecular weight is 559 g/mol. The van der Waals surface area contributed by atoms with E-state index in [1.165, 1.54) is 24.4 Å². The van der Waals surface area contributed by atoms with Crippen molar-refractivity contribution in [1.29, 1.82) is 0 Å². The van der Waals surface area contributed by atoms with Crippen molar-refractivity contribution in [1.82, 2.24) is 14.5 Å². The molecule has 0 aliphatic heterocycles. The van der Waals surface area contributed by atoms with Crippen LogP contribution in [0.4, 0.5) is 14.5 Å².